The van der Waals surface area contributed by atoms with Gasteiger partial charge in [-0.1, -0.05) is 18.2 Å². The van der Waals surface area contributed by atoms with Crippen LogP contribution in [0, 0.1) is 12.3 Å². The van der Waals surface area contributed by atoms with Gasteiger partial charge >= 0.3 is 0 Å². The Hall–Kier alpha value is -4.04. The van der Waals surface area contributed by atoms with Crippen molar-refractivity contribution >= 4 is 28.9 Å². The molecule has 3 aromatic rings. The highest BCUT2D eigenvalue weighted by Crippen LogP contribution is 2.29. The smallest absolute Gasteiger partial charge is 0.292 e. The number of aliphatic hydroxyl groups is 1. The number of amidine groups is 2. The van der Waals surface area contributed by atoms with Gasteiger partial charge in [0, 0.05) is 31.0 Å². The monoisotopic (exact) mass is 459 g/mol. The lowest BCUT2D eigenvalue weighted by atomic mass is 10.1. The van der Waals surface area contributed by atoms with Gasteiger partial charge in [0.2, 0.25) is 0 Å². The van der Waals surface area contributed by atoms with Crippen molar-refractivity contribution in [2.75, 3.05) is 37.9 Å². The highest BCUT2D eigenvalue weighted by atomic mass is 16.5. The number of anilines is 2. The lowest BCUT2D eigenvalue weighted by Crippen LogP contribution is -2.21. The number of hydrogen-bond donors (Lipinski definition) is 4. The third kappa shape index (κ3) is 5.29. The molecule has 1 heterocycles. The van der Waals surface area contributed by atoms with E-state index in [0.29, 0.717) is 23.8 Å². The maximum absolute atomic E-state index is 9.34. The molecular formula is C26H29N5O3. The zero-order valence-corrected chi connectivity index (χ0v) is 19.5. The average Bonchev–Trinajstić information content (AvgIpc) is 3.20. The summed E-state index contributed by atoms with van der Waals surface area (Å²) >= 11 is 0. The van der Waals surface area contributed by atoms with Gasteiger partial charge in [0.05, 0.1) is 18.8 Å². The van der Waals surface area contributed by atoms with Crippen LogP contribution in [0.2, 0.25) is 0 Å². The van der Waals surface area contributed by atoms with Crippen LogP contribution < -0.4 is 15.4 Å². The predicted molar refractivity (Wildman–Crippen MR) is 136 cm³/mol. The normalized spacial score (nSPS) is 16.3. The Morgan fingerprint density at radius 3 is 2.65 bits per heavy atom. The molecule has 3 aromatic carbocycles. The van der Waals surface area contributed by atoms with Crippen molar-refractivity contribution in [3.8, 4) is 11.5 Å². The summed E-state index contributed by atoms with van der Waals surface area (Å²) in [7, 11) is 3.69. The first-order chi connectivity index (χ1) is 16.5. The van der Waals surface area contributed by atoms with Gasteiger partial charge < -0.3 is 30.1 Å². The maximum Gasteiger partial charge on any atom is 0.292 e. The van der Waals surface area contributed by atoms with Gasteiger partial charge in [-0.15, -0.1) is 0 Å². The number of ether oxygens (including phenoxy) is 2. The summed E-state index contributed by atoms with van der Waals surface area (Å²) in [6, 6.07) is 21.4. The lowest BCUT2D eigenvalue weighted by Gasteiger charge is -2.15. The molecular weight excluding hydrogens is 430 g/mol. The fourth-order valence-electron chi connectivity index (χ4n) is 3.67. The average molecular weight is 460 g/mol. The molecule has 0 bridgehead atoms. The van der Waals surface area contributed by atoms with E-state index in [1.54, 1.807) is 0 Å². The predicted octanol–water partition coefficient (Wildman–Crippen LogP) is 4.58. The van der Waals surface area contributed by atoms with E-state index < -0.39 is 0 Å². The molecule has 1 unspecified atom stereocenters. The van der Waals surface area contributed by atoms with Crippen molar-refractivity contribution in [1.29, 1.82) is 5.41 Å². The van der Waals surface area contributed by atoms with Gasteiger partial charge in [-0.3, -0.25) is 5.41 Å². The van der Waals surface area contributed by atoms with Crippen molar-refractivity contribution in [2.24, 2.45) is 4.99 Å². The SMILES string of the molecule is CNc1ccc(/N=C2\OC(CO)CN2C)cc1C(=N)Nc1ccc(Oc2ccccc2)c(C)c1. The van der Waals surface area contributed by atoms with Crippen molar-refractivity contribution in [3.05, 3.63) is 77.9 Å². The summed E-state index contributed by atoms with van der Waals surface area (Å²) in [6.45, 7) is 2.49. The minimum absolute atomic E-state index is 0.0591. The molecule has 34 heavy (non-hydrogen) atoms. The Labute approximate surface area is 199 Å². The van der Waals surface area contributed by atoms with E-state index >= 15 is 0 Å². The second kappa shape index (κ2) is 10.3. The van der Waals surface area contributed by atoms with Crippen LogP contribution in [0.3, 0.4) is 0 Å². The molecule has 1 atom stereocenters. The minimum atomic E-state index is -0.281. The highest BCUT2D eigenvalue weighted by Gasteiger charge is 2.26. The summed E-state index contributed by atoms with van der Waals surface area (Å²) in [4.78, 5) is 6.43. The van der Waals surface area contributed by atoms with Crippen LogP contribution in [0.1, 0.15) is 11.1 Å². The number of nitrogens with one attached hydrogen (secondary N) is 3. The zero-order valence-electron chi connectivity index (χ0n) is 19.5. The van der Waals surface area contributed by atoms with Gasteiger partial charge in [-0.2, -0.15) is 4.99 Å². The second-order valence-electron chi connectivity index (χ2n) is 8.07. The minimum Gasteiger partial charge on any atom is -0.457 e. The number of benzene rings is 3. The van der Waals surface area contributed by atoms with Crippen molar-refractivity contribution in [3.63, 3.8) is 0 Å². The summed E-state index contributed by atoms with van der Waals surface area (Å²) in [6.07, 6.45) is -0.281. The Bertz CT molecular complexity index is 1200. The molecule has 176 valence electrons. The number of para-hydroxylation sites is 1. The van der Waals surface area contributed by atoms with Crippen LogP contribution >= 0.6 is 0 Å². The quantitative estimate of drug-likeness (QED) is 0.305. The van der Waals surface area contributed by atoms with Gasteiger partial charge in [0.15, 0.2) is 0 Å². The Morgan fingerprint density at radius 2 is 1.97 bits per heavy atom. The standard InChI is InChI=1S/C26H29N5O3/c1-17-13-18(10-12-24(17)33-20-7-5-4-6-8-20)29-25(27)22-14-19(9-11-23(22)28-2)30-26-31(3)15-21(16-32)34-26/h4-14,21,28,32H,15-16H2,1-3H3,(H2,27,29)/b30-26-. The number of aliphatic hydroxyl groups excluding tert-OH is 1. The van der Waals surface area contributed by atoms with E-state index in [-0.39, 0.29) is 18.5 Å². The van der Waals surface area contributed by atoms with Crippen molar-refractivity contribution in [2.45, 2.75) is 13.0 Å². The molecule has 8 nitrogen and oxygen atoms in total. The van der Waals surface area contributed by atoms with E-state index in [2.05, 4.69) is 15.6 Å². The second-order valence-corrected chi connectivity index (χ2v) is 8.07. The molecule has 1 aliphatic heterocycles. The number of rotatable bonds is 7. The fourth-order valence-corrected chi connectivity index (χ4v) is 3.67. The summed E-state index contributed by atoms with van der Waals surface area (Å²) in [5.74, 6) is 1.77. The summed E-state index contributed by atoms with van der Waals surface area (Å²) < 4.78 is 11.6. The van der Waals surface area contributed by atoms with E-state index in [9.17, 15) is 5.11 Å². The lowest BCUT2D eigenvalue weighted by molar-refractivity contribution is 0.132. The largest absolute Gasteiger partial charge is 0.457 e. The number of nitrogens with zero attached hydrogens (tertiary/aromatic N) is 2. The third-order valence-corrected chi connectivity index (χ3v) is 5.46. The molecule has 0 saturated carbocycles. The molecule has 4 rings (SSSR count). The third-order valence-electron chi connectivity index (χ3n) is 5.46. The number of hydrogen-bond acceptors (Lipinski definition) is 6. The summed E-state index contributed by atoms with van der Waals surface area (Å²) in [5, 5.41) is 24.3. The number of aliphatic imine (C=N–C) groups is 1. The molecule has 1 aliphatic rings. The van der Waals surface area contributed by atoms with Gasteiger partial charge in [-0.25, -0.2) is 0 Å². The molecule has 0 radical (unpaired) electrons. The summed E-state index contributed by atoms with van der Waals surface area (Å²) in [5.41, 5.74) is 3.87. The molecule has 1 saturated heterocycles. The van der Waals surface area contributed by atoms with E-state index in [1.807, 2.05) is 92.6 Å². The Morgan fingerprint density at radius 1 is 1.18 bits per heavy atom. The first-order valence-corrected chi connectivity index (χ1v) is 11.1. The van der Waals surface area contributed by atoms with Crippen LogP contribution in [0.4, 0.5) is 17.1 Å². The Kier molecular flexibility index (Phi) is 6.98. The number of aryl methyl sites for hydroxylation is 1. The first-order valence-electron chi connectivity index (χ1n) is 11.1. The molecule has 0 amide bonds. The maximum atomic E-state index is 9.34. The van der Waals surface area contributed by atoms with Crippen LogP contribution in [-0.2, 0) is 4.74 Å². The van der Waals surface area contributed by atoms with Crippen LogP contribution in [-0.4, -0.2) is 55.2 Å². The zero-order chi connectivity index (χ0) is 24.1. The number of likely N-dealkylation sites (N-methyl/N-ethyl adjacent to an activating group) is 1. The molecule has 0 spiro atoms. The first kappa shape index (κ1) is 23.1. The van der Waals surface area contributed by atoms with E-state index in [4.69, 9.17) is 14.9 Å². The van der Waals surface area contributed by atoms with Gasteiger partial charge in [0.1, 0.15) is 23.4 Å². The molecule has 8 heteroatoms. The molecule has 0 aromatic heterocycles. The van der Waals surface area contributed by atoms with Crippen molar-refractivity contribution in [1.82, 2.24) is 4.90 Å². The molecule has 4 N–H and O–H groups in total. The topological polar surface area (TPSA) is 102 Å². The van der Waals surface area contributed by atoms with E-state index in [0.717, 1.165) is 28.4 Å². The molecule has 0 aliphatic carbocycles. The van der Waals surface area contributed by atoms with E-state index in [1.165, 1.54) is 0 Å². The fraction of sp³-hybridized carbons (Fsp3) is 0.231. The van der Waals surface area contributed by atoms with Crippen LogP contribution in [0.15, 0.2) is 71.7 Å². The van der Waals surface area contributed by atoms with Crippen LogP contribution in [0.5, 0.6) is 11.5 Å². The van der Waals surface area contributed by atoms with Crippen LogP contribution in [0.25, 0.3) is 0 Å². The van der Waals surface area contributed by atoms with Gasteiger partial charge in [-0.05, 0) is 61.0 Å². The van der Waals surface area contributed by atoms with Crippen molar-refractivity contribution < 1.29 is 14.6 Å². The Balaban J connectivity index is 1.52. The molecule has 1 fully saturated rings. The highest BCUT2D eigenvalue weighted by molar-refractivity contribution is 6.10. The van der Waals surface area contributed by atoms with Gasteiger partial charge in [0.25, 0.3) is 6.02 Å².